The van der Waals surface area contributed by atoms with Crippen LogP contribution in [0.3, 0.4) is 0 Å². The number of halogens is 1. The Morgan fingerprint density at radius 1 is 0.562 bits per heavy atom. The number of furan rings is 1. The van der Waals surface area contributed by atoms with Crippen LogP contribution in [0.1, 0.15) is 0 Å². The number of fused-ring (bicyclic) bond motifs is 3. The van der Waals surface area contributed by atoms with Crippen LogP contribution >= 0.6 is 15.9 Å². The van der Waals surface area contributed by atoms with Crippen molar-refractivity contribution in [2.24, 2.45) is 0 Å². The number of aromatic nitrogens is 2. The lowest BCUT2D eigenvalue weighted by molar-refractivity contribution is 0.667. The summed E-state index contributed by atoms with van der Waals surface area (Å²) in [6.07, 6.45) is 0. The largest absolute Gasteiger partial charge is 0.454 e. The highest BCUT2D eigenvalue weighted by molar-refractivity contribution is 9.10. The van der Waals surface area contributed by atoms with Gasteiger partial charge in [-0.25, -0.2) is 9.97 Å². The summed E-state index contributed by atoms with van der Waals surface area (Å²) in [6, 6.07) is 34.6. The summed E-state index contributed by atoms with van der Waals surface area (Å²) in [7, 11) is 0. The maximum atomic E-state index is 6.35. The van der Waals surface area contributed by atoms with Crippen LogP contribution in [0.15, 0.2) is 112 Å². The molecule has 0 spiro atoms. The average molecular weight is 477 g/mol. The van der Waals surface area contributed by atoms with Crippen molar-refractivity contribution in [2.75, 3.05) is 0 Å². The Balaban J connectivity index is 1.64. The minimum atomic E-state index is 0.691. The quantitative estimate of drug-likeness (QED) is 0.258. The molecule has 3 nitrogen and oxygen atoms in total. The molecular formula is C28H17BrN2O. The number of rotatable bonds is 3. The second-order valence-electron chi connectivity index (χ2n) is 7.59. The molecule has 0 bridgehead atoms. The Hall–Kier alpha value is -3.76. The molecule has 0 amide bonds. The number of hydrogen-bond donors (Lipinski definition) is 0. The fourth-order valence-electron chi connectivity index (χ4n) is 4.05. The summed E-state index contributed by atoms with van der Waals surface area (Å²) in [5.74, 6) is 0.691. The summed E-state index contributed by atoms with van der Waals surface area (Å²) < 4.78 is 7.29. The summed E-state index contributed by atoms with van der Waals surface area (Å²) in [4.78, 5) is 9.85. The third kappa shape index (κ3) is 3.20. The van der Waals surface area contributed by atoms with E-state index >= 15 is 0 Å². The number of para-hydroxylation sites is 2. The molecule has 4 aromatic carbocycles. The van der Waals surface area contributed by atoms with Crippen LogP contribution in [0.5, 0.6) is 0 Å². The van der Waals surface area contributed by atoms with Crippen molar-refractivity contribution in [3.8, 4) is 33.9 Å². The van der Waals surface area contributed by atoms with Crippen LogP contribution in [-0.4, -0.2) is 9.97 Å². The Morgan fingerprint density at radius 3 is 1.94 bits per heavy atom. The molecule has 2 heterocycles. The molecule has 0 aliphatic rings. The molecule has 0 saturated heterocycles. The summed E-state index contributed by atoms with van der Waals surface area (Å²) in [5, 5.41) is 2.15. The summed E-state index contributed by atoms with van der Waals surface area (Å²) >= 11 is 3.62. The minimum Gasteiger partial charge on any atom is -0.454 e. The van der Waals surface area contributed by atoms with E-state index in [1.165, 1.54) is 0 Å². The van der Waals surface area contributed by atoms with E-state index in [0.717, 1.165) is 54.5 Å². The first-order chi connectivity index (χ1) is 15.8. The van der Waals surface area contributed by atoms with Gasteiger partial charge >= 0.3 is 0 Å². The van der Waals surface area contributed by atoms with Gasteiger partial charge < -0.3 is 4.42 Å². The van der Waals surface area contributed by atoms with Gasteiger partial charge in [-0.05, 0) is 34.1 Å². The molecule has 0 radical (unpaired) electrons. The van der Waals surface area contributed by atoms with Gasteiger partial charge in [0.25, 0.3) is 0 Å². The molecule has 0 unspecified atom stereocenters. The van der Waals surface area contributed by atoms with Gasteiger partial charge in [-0.1, -0.05) is 84.9 Å². The fraction of sp³-hybridized carbons (Fsp3) is 0. The van der Waals surface area contributed by atoms with E-state index in [9.17, 15) is 0 Å². The molecule has 0 aliphatic heterocycles. The summed E-state index contributed by atoms with van der Waals surface area (Å²) in [5.41, 5.74) is 6.35. The van der Waals surface area contributed by atoms with Gasteiger partial charge in [-0.15, -0.1) is 0 Å². The smallest absolute Gasteiger partial charge is 0.160 e. The maximum absolute atomic E-state index is 6.35. The number of hydrogen-bond acceptors (Lipinski definition) is 3. The lowest BCUT2D eigenvalue weighted by atomic mass is 10.0. The topological polar surface area (TPSA) is 38.9 Å². The van der Waals surface area contributed by atoms with Crippen LogP contribution in [0, 0.1) is 0 Å². The van der Waals surface area contributed by atoms with E-state index in [4.69, 9.17) is 14.4 Å². The van der Waals surface area contributed by atoms with Crippen molar-refractivity contribution in [3.05, 3.63) is 108 Å². The molecule has 0 N–H and O–H groups in total. The van der Waals surface area contributed by atoms with Crippen LogP contribution in [0.25, 0.3) is 55.8 Å². The molecule has 152 valence electrons. The van der Waals surface area contributed by atoms with Crippen molar-refractivity contribution in [3.63, 3.8) is 0 Å². The van der Waals surface area contributed by atoms with Gasteiger partial charge in [0.05, 0.1) is 15.9 Å². The average Bonchev–Trinajstić information content (AvgIpc) is 3.25. The highest BCUT2D eigenvalue weighted by atomic mass is 79.9. The Morgan fingerprint density at radius 2 is 1.19 bits per heavy atom. The summed E-state index contributed by atoms with van der Waals surface area (Å²) in [6.45, 7) is 0. The Labute approximate surface area is 193 Å². The van der Waals surface area contributed by atoms with Gasteiger partial charge in [-0.3, -0.25) is 0 Å². The number of benzene rings is 4. The molecule has 6 aromatic rings. The van der Waals surface area contributed by atoms with Crippen molar-refractivity contribution < 1.29 is 4.42 Å². The third-order valence-electron chi connectivity index (χ3n) is 5.58. The van der Waals surface area contributed by atoms with Gasteiger partial charge in [0.1, 0.15) is 11.2 Å². The molecule has 0 saturated carbocycles. The van der Waals surface area contributed by atoms with E-state index in [1.54, 1.807) is 0 Å². The first kappa shape index (κ1) is 19.0. The molecule has 0 fully saturated rings. The third-order valence-corrected chi connectivity index (χ3v) is 6.20. The van der Waals surface area contributed by atoms with Crippen molar-refractivity contribution in [2.45, 2.75) is 0 Å². The van der Waals surface area contributed by atoms with Crippen molar-refractivity contribution in [1.82, 2.24) is 9.97 Å². The van der Waals surface area contributed by atoms with Crippen molar-refractivity contribution in [1.29, 1.82) is 0 Å². The Kier molecular flexibility index (Phi) is 4.58. The highest BCUT2D eigenvalue weighted by Gasteiger charge is 2.17. The molecule has 0 atom stereocenters. The normalized spacial score (nSPS) is 11.3. The molecule has 0 aliphatic carbocycles. The van der Waals surface area contributed by atoms with E-state index < -0.39 is 0 Å². The van der Waals surface area contributed by atoms with Gasteiger partial charge in [0, 0.05) is 27.5 Å². The van der Waals surface area contributed by atoms with E-state index in [0.29, 0.717) is 5.82 Å². The second kappa shape index (κ2) is 7.74. The zero-order chi connectivity index (χ0) is 21.5. The Bertz CT molecular complexity index is 1520. The van der Waals surface area contributed by atoms with Crippen LogP contribution in [0.4, 0.5) is 0 Å². The number of nitrogens with zero attached hydrogens (tertiary/aromatic N) is 2. The zero-order valence-electron chi connectivity index (χ0n) is 17.0. The van der Waals surface area contributed by atoms with Gasteiger partial charge in [-0.2, -0.15) is 0 Å². The van der Waals surface area contributed by atoms with Gasteiger partial charge in [0.15, 0.2) is 5.82 Å². The standard InChI is InChI=1S/C28H17BrN2O/c29-23-16-8-14-21-20-13-7-15-22(26(20)32-27(21)23)25-17-24(18-9-3-1-4-10-18)30-28(31-25)19-11-5-2-6-12-19/h1-17H. The van der Waals surface area contributed by atoms with E-state index in [2.05, 4.69) is 52.3 Å². The van der Waals surface area contributed by atoms with E-state index in [-0.39, 0.29) is 0 Å². The first-order valence-electron chi connectivity index (χ1n) is 10.4. The molecule has 4 heteroatoms. The monoisotopic (exact) mass is 476 g/mol. The van der Waals surface area contributed by atoms with Crippen LogP contribution in [0.2, 0.25) is 0 Å². The predicted octanol–water partition coefficient (Wildman–Crippen LogP) is 8.14. The maximum Gasteiger partial charge on any atom is 0.160 e. The van der Waals surface area contributed by atoms with Crippen LogP contribution in [-0.2, 0) is 0 Å². The highest BCUT2D eigenvalue weighted by Crippen LogP contribution is 2.38. The molecule has 32 heavy (non-hydrogen) atoms. The lowest BCUT2D eigenvalue weighted by Crippen LogP contribution is -1.96. The zero-order valence-corrected chi connectivity index (χ0v) is 18.6. The predicted molar refractivity (Wildman–Crippen MR) is 133 cm³/mol. The van der Waals surface area contributed by atoms with Crippen LogP contribution < -0.4 is 0 Å². The fourth-order valence-corrected chi connectivity index (χ4v) is 4.49. The van der Waals surface area contributed by atoms with E-state index in [1.807, 2.05) is 66.7 Å². The molecule has 2 aromatic heterocycles. The molecular weight excluding hydrogens is 460 g/mol. The van der Waals surface area contributed by atoms with Crippen molar-refractivity contribution >= 4 is 37.9 Å². The SMILES string of the molecule is Brc1cccc2c1oc1c(-c3cc(-c4ccccc4)nc(-c4ccccc4)n3)cccc12. The van der Waals surface area contributed by atoms with Gasteiger partial charge in [0.2, 0.25) is 0 Å². The lowest BCUT2D eigenvalue weighted by Gasteiger charge is -2.09. The second-order valence-corrected chi connectivity index (χ2v) is 8.45. The molecule has 6 rings (SSSR count). The minimum absolute atomic E-state index is 0.691. The first-order valence-corrected chi connectivity index (χ1v) is 11.2.